The van der Waals surface area contributed by atoms with Gasteiger partial charge >= 0.3 is 0 Å². The zero-order valence-electron chi connectivity index (χ0n) is 14.7. The summed E-state index contributed by atoms with van der Waals surface area (Å²) in [5, 5.41) is 0. The topological polar surface area (TPSA) is 64.8 Å². The lowest BCUT2D eigenvalue weighted by molar-refractivity contribution is -0.138. The zero-order valence-corrected chi connectivity index (χ0v) is 14.7. The van der Waals surface area contributed by atoms with E-state index in [0.29, 0.717) is 32.5 Å². The Morgan fingerprint density at radius 1 is 1.25 bits per heavy atom. The highest BCUT2D eigenvalue weighted by Crippen LogP contribution is 2.36. The van der Waals surface area contributed by atoms with Gasteiger partial charge in [-0.15, -0.1) is 0 Å². The Kier molecular flexibility index (Phi) is 6.95. The number of carbonyl (C=O) groups excluding carboxylic acids is 1. The normalized spacial score (nSPS) is 25.5. The second-order valence-electron chi connectivity index (χ2n) is 7.12. The van der Waals surface area contributed by atoms with E-state index in [1.165, 1.54) is 0 Å². The molecule has 0 radical (unpaired) electrons. The van der Waals surface area contributed by atoms with Crippen molar-refractivity contribution >= 4 is 5.91 Å². The van der Waals surface area contributed by atoms with Crippen molar-refractivity contribution in [3.05, 3.63) is 0 Å². The highest BCUT2D eigenvalue weighted by Gasteiger charge is 2.35. The number of rotatable bonds is 6. The van der Waals surface area contributed by atoms with Gasteiger partial charge in [0.1, 0.15) is 6.04 Å². The molecule has 2 rings (SSSR count). The number of alkyl halides is 2. The van der Waals surface area contributed by atoms with Gasteiger partial charge < -0.3 is 20.1 Å². The van der Waals surface area contributed by atoms with Gasteiger partial charge in [-0.1, -0.05) is 0 Å². The molecule has 1 aliphatic carbocycles. The Balaban J connectivity index is 1.71. The largest absolute Gasteiger partial charge is 0.381 e. The van der Waals surface area contributed by atoms with Gasteiger partial charge in [0.15, 0.2) is 0 Å². The summed E-state index contributed by atoms with van der Waals surface area (Å²) in [7, 11) is 1.69. The highest BCUT2D eigenvalue weighted by molar-refractivity contribution is 5.82. The van der Waals surface area contributed by atoms with Crippen LogP contribution in [0.4, 0.5) is 8.78 Å². The number of nitrogens with two attached hydrogens (primary N) is 1. The van der Waals surface area contributed by atoms with E-state index >= 15 is 0 Å². The van der Waals surface area contributed by atoms with Crippen molar-refractivity contribution in [1.82, 2.24) is 4.90 Å². The summed E-state index contributed by atoms with van der Waals surface area (Å²) in [6, 6.07) is -0.714. The van der Waals surface area contributed by atoms with Crippen LogP contribution in [0.25, 0.3) is 0 Å². The van der Waals surface area contributed by atoms with Crippen LogP contribution in [0.2, 0.25) is 0 Å². The number of amides is 1. The van der Waals surface area contributed by atoms with Crippen molar-refractivity contribution in [2.24, 2.45) is 11.7 Å². The third-order valence-corrected chi connectivity index (χ3v) is 5.31. The molecule has 1 saturated carbocycles. The van der Waals surface area contributed by atoms with Crippen LogP contribution in [0, 0.1) is 5.92 Å². The summed E-state index contributed by atoms with van der Waals surface area (Å²) < 4.78 is 37.3. The molecule has 1 saturated heterocycles. The number of halogens is 2. The summed E-state index contributed by atoms with van der Waals surface area (Å²) in [5.41, 5.74) is 6.05. The van der Waals surface area contributed by atoms with E-state index in [-0.39, 0.29) is 30.8 Å². The Hall–Kier alpha value is -0.790. The molecule has 0 unspecified atom stereocenters. The van der Waals surface area contributed by atoms with Crippen LogP contribution in [-0.2, 0) is 14.3 Å². The SMILES string of the molecule is COC1CCN(C(=O)[C@@H](N)[C@@H](C)OCC2CCC(F)(F)CC2)CC1. The molecule has 2 aliphatic rings. The molecule has 2 fully saturated rings. The molecule has 0 spiro atoms. The first-order valence-corrected chi connectivity index (χ1v) is 8.89. The van der Waals surface area contributed by atoms with Gasteiger partial charge in [-0.3, -0.25) is 4.79 Å². The molecule has 140 valence electrons. The molecule has 2 N–H and O–H groups in total. The molecule has 1 amide bonds. The first-order chi connectivity index (χ1) is 11.3. The van der Waals surface area contributed by atoms with Gasteiger partial charge in [-0.2, -0.15) is 0 Å². The Morgan fingerprint density at radius 3 is 2.38 bits per heavy atom. The standard InChI is InChI=1S/C17H30F2N2O3/c1-12(24-11-13-3-7-17(18,19)8-4-13)15(20)16(22)21-9-5-14(23-2)6-10-21/h12-15H,3-11,20H2,1-2H3/t12-,15+/m1/s1. The number of nitrogens with zero attached hydrogens (tertiary/aromatic N) is 1. The lowest BCUT2D eigenvalue weighted by Gasteiger charge is -2.34. The molecule has 24 heavy (non-hydrogen) atoms. The van der Waals surface area contributed by atoms with Gasteiger partial charge in [0.05, 0.1) is 12.2 Å². The molecule has 0 aromatic rings. The monoisotopic (exact) mass is 348 g/mol. The van der Waals surface area contributed by atoms with Crippen LogP contribution < -0.4 is 5.73 Å². The summed E-state index contributed by atoms with van der Waals surface area (Å²) in [6.45, 7) is 3.47. The van der Waals surface area contributed by atoms with Gasteiger partial charge in [0, 0.05) is 39.6 Å². The second kappa shape index (κ2) is 8.54. The van der Waals surface area contributed by atoms with Gasteiger partial charge in [0.2, 0.25) is 11.8 Å². The van der Waals surface area contributed by atoms with Crippen LogP contribution in [-0.4, -0.2) is 61.8 Å². The van der Waals surface area contributed by atoms with Crippen molar-refractivity contribution in [3.63, 3.8) is 0 Å². The van der Waals surface area contributed by atoms with E-state index in [1.54, 1.807) is 18.9 Å². The molecule has 2 atom stereocenters. The Bertz CT molecular complexity index is 405. The number of likely N-dealkylation sites (tertiary alicyclic amines) is 1. The van der Waals surface area contributed by atoms with E-state index in [2.05, 4.69) is 0 Å². The first-order valence-electron chi connectivity index (χ1n) is 8.89. The molecular weight excluding hydrogens is 318 g/mol. The Morgan fingerprint density at radius 2 is 1.83 bits per heavy atom. The van der Waals surface area contributed by atoms with Crippen molar-refractivity contribution < 1.29 is 23.0 Å². The number of methoxy groups -OCH3 is 1. The number of ether oxygens (including phenoxy) is 2. The van der Waals surface area contributed by atoms with Crippen molar-refractivity contribution in [2.75, 3.05) is 26.8 Å². The van der Waals surface area contributed by atoms with E-state index in [9.17, 15) is 13.6 Å². The van der Waals surface area contributed by atoms with Gasteiger partial charge in [0.25, 0.3) is 0 Å². The average Bonchev–Trinajstić information content (AvgIpc) is 2.59. The fourth-order valence-corrected chi connectivity index (χ4v) is 3.38. The number of hydrogen-bond acceptors (Lipinski definition) is 4. The average molecular weight is 348 g/mol. The molecular formula is C17H30F2N2O3. The van der Waals surface area contributed by atoms with Crippen molar-refractivity contribution in [1.29, 1.82) is 0 Å². The molecule has 0 aromatic heterocycles. The van der Waals surface area contributed by atoms with E-state index in [0.717, 1.165) is 12.8 Å². The fraction of sp³-hybridized carbons (Fsp3) is 0.941. The summed E-state index contributed by atoms with van der Waals surface area (Å²) in [6.07, 6.45) is 2.22. The quantitative estimate of drug-likeness (QED) is 0.799. The first kappa shape index (κ1) is 19.5. The second-order valence-corrected chi connectivity index (χ2v) is 7.12. The predicted molar refractivity (Wildman–Crippen MR) is 86.9 cm³/mol. The zero-order chi connectivity index (χ0) is 17.7. The molecule has 1 aliphatic heterocycles. The molecule has 0 aromatic carbocycles. The lowest BCUT2D eigenvalue weighted by Crippen LogP contribution is -2.52. The van der Waals surface area contributed by atoms with Crippen LogP contribution in [0.15, 0.2) is 0 Å². The molecule has 0 bridgehead atoms. The maximum atomic E-state index is 13.1. The third kappa shape index (κ3) is 5.36. The van der Waals surface area contributed by atoms with Gasteiger partial charge in [-0.25, -0.2) is 8.78 Å². The number of piperidine rings is 1. The van der Waals surface area contributed by atoms with Crippen molar-refractivity contribution in [3.8, 4) is 0 Å². The maximum absolute atomic E-state index is 13.1. The fourth-order valence-electron chi connectivity index (χ4n) is 3.38. The van der Waals surface area contributed by atoms with Crippen LogP contribution in [0.3, 0.4) is 0 Å². The Labute approximate surface area is 142 Å². The van der Waals surface area contributed by atoms with Crippen LogP contribution in [0.5, 0.6) is 0 Å². The summed E-state index contributed by atoms with van der Waals surface area (Å²) in [5.74, 6) is -2.50. The van der Waals surface area contributed by atoms with E-state index in [1.807, 2.05) is 0 Å². The maximum Gasteiger partial charge on any atom is 0.248 e. The van der Waals surface area contributed by atoms with Crippen molar-refractivity contribution in [2.45, 2.75) is 69.6 Å². The number of hydrogen-bond donors (Lipinski definition) is 1. The van der Waals surface area contributed by atoms with Crippen LogP contribution >= 0.6 is 0 Å². The molecule has 1 heterocycles. The molecule has 7 heteroatoms. The minimum Gasteiger partial charge on any atom is -0.381 e. The van der Waals surface area contributed by atoms with E-state index in [4.69, 9.17) is 15.2 Å². The predicted octanol–water partition coefficient (Wildman–Crippen LogP) is 2.18. The smallest absolute Gasteiger partial charge is 0.248 e. The van der Waals surface area contributed by atoms with Gasteiger partial charge in [-0.05, 0) is 38.5 Å². The van der Waals surface area contributed by atoms with Crippen LogP contribution in [0.1, 0.15) is 45.4 Å². The lowest BCUT2D eigenvalue weighted by atomic mass is 9.87. The highest BCUT2D eigenvalue weighted by atomic mass is 19.3. The summed E-state index contributed by atoms with van der Waals surface area (Å²) in [4.78, 5) is 14.2. The minimum absolute atomic E-state index is 0.0746. The third-order valence-electron chi connectivity index (χ3n) is 5.31. The minimum atomic E-state index is -2.52. The molecule has 5 nitrogen and oxygen atoms in total. The number of carbonyl (C=O) groups is 1. The van der Waals surface area contributed by atoms with E-state index < -0.39 is 18.1 Å². The summed E-state index contributed by atoms with van der Waals surface area (Å²) >= 11 is 0.